The van der Waals surface area contributed by atoms with Crippen LogP contribution < -0.4 is 10.1 Å². The summed E-state index contributed by atoms with van der Waals surface area (Å²) in [6, 6.07) is 21.9. The van der Waals surface area contributed by atoms with Gasteiger partial charge in [0.1, 0.15) is 11.8 Å². The molecule has 1 heterocycles. The van der Waals surface area contributed by atoms with Gasteiger partial charge in [-0.3, -0.25) is 19.3 Å². The number of likely N-dealkylation sites (tertiary alicyclic amines) is 1. The van der Waals surface area contributed by atoms with Crippen LogP contribution in [0, 0.1) is 17.8 Å². The van der Waals surface area contributed by atoms with E-state index in [1.54, 1.807) is 24.3 Å². The molecule has 0 radical (unpaired) electrons. The number of rotatable bonds is 9. The van der Waals surface area contributed by atoms with Gasteiger partial charge in [-0.1, -0.05) is 74.5 Å². The number of nitrogens with one attached hydrogen (secondary N) is 1. The molecule has 1 saturated heterocycles. The molecule has 3 aromatic carbocycles. The lowest BCUT2D eigenvalue weighted by Crippen LogP contribution is -2.47. The number of imide groups is 1. The Morgan fingerprint density at radius 3 is 1.81 bits per heavy atom. The minimum Gasteiger partial charge on any atom is -0.492 e. The molecule has 7 rings (SSSR count). The van der Waals surface area contributed by atoms with Crippen LogP contribution in [0.2, 0.25) is 0 Å². The van der Waals surface area contributed by atoms with E-state index in [9.17, 15) is 19.2 Å². The van der Waals surface area contributed by atoms with Gasteiger partial charge < -0.3 is 14.8 Å². The van der Waals surface area contributed by atoms with E-state index in [-0.39, 0.29) is 36.0 Å². The van der Waals surface area contributed by atoms with Gasteiger partial charge in [0.15, 0.2) is 6.61 Å². The van der Waals surface area contributed by atoms with Gasteiger partial charge in [-0.15, -0.1) is 0 Å². The molecule has 3 aliphatic carbocycles. The molecule has 0 spiro atoms. The molecular formula is C34H34N2O6. The fourth-order valence-electron chi connectivity index (χ4n) is 7.03. The Bertz CT molecular complexity index is 1450. The summed E-state index contributed by atoms with van der Waals surface area (Å²) < 4.78 is 11.0. The van der Waals surface area contributed by atoms with Crippen LogP contribution in [0.25, 0.3) is 0 Å². The summed E-state index contributed by atoms with van der Waals surface area (Å²) >= 11 is 0. The van der Waals surface area contributed by atoms with Crippen molar-refractivity contribution >= 4 is 29.4 Å². The number of nitrogens with zero attached hydrogens (tertiary/aromatic N) is 1. The van der Waals surface area contributed by atoms with Crippen LogP contribution in [0.15, 0.2) is 72.8 Å². The van der Waals surface area contributed by atoms with Gasteiger partial charge >= 0.3 is 5.97 Å². The Hall–Kier alpha value is -4.46. The van der Waals surface area contributed by atoms with E-state index in [0.717, 1.165) is 27.2 Å². The quantitative estimate of drug-likeness (QED) is 0.293. The van der Waals surface area contributed by atoms with Gasteiger partial charge in [0.05, 0.1) is 24.1 Å². The maximum absolute atomic E-state index is 14.2. The Labute approximate surface area is 245 Å². The Morgan fingerprint density at radius 2 is 1.31 bits per heavy atom. The molecule has 3 atom stereocenters. The lowest BCUT2D eigenvalue weighted by atomic mass is 9.55. The molecule has 1 aliphatic heterocycles. The minimum absolute atomic E-state index is 0.0104. The van der Waals surface area contributed by atoms with Crippen LogP contribution in [-0.2, 0) is 23.9 Å². The second kappa shape index (κ2) is 11.1. The van der Waals surface area contributed by atoms with Crippen LogP contribution in [0.4, 0.5) is 5.69 Å². The van der Waals surface area contributed by atoms with Gasteiger partial charge in [0.25, 0.3) is 5.91 Å². The molecule has 1 fully saturated rings. The zero-order chi connectivity index (χ0) is 29.5. The first-order chi connectivity index (χ1) is 20.3. The van der Waals surface area contributed by atoms with Crippen molar-refractivity contribution in [3.05, 3.63) is 95.1 Å². The average Bonchev–Trinajstić information content (AvgIpc) is 3.25. The Balaban J connectivity index is 1.25. The van der Waals surface area contributed by atoms with Crippen molar-refractivity contribution in [2.75, 3.05) is 18.5 Å². The number of esters is 1. The van der Waals surface area contributed by atoms with Gasteiger partial charge in [0, 0.05) is 11.8 Å². The molecular weight excluding hydrogens is 532 g/mol. The molecule has 0 aromatic heterocycles. The van der Waals surface area contributed by atoms with Crippen LogP contribution in [0.5, 0.6) is 5.75 Å². The molecule has 216 valence electrons. The second-order valence-electron chi connectivity index (χ2n) is 11.5. The summed E-state index contributed by atoms with van der Waals surface area (Å²) in [5.74, 6) is -3.21. The third-order valence-corrected chi connectivity index (χ3v) is 8.57. The van der Waals surface area contributed by atoms with Crippen molar-refractivity contribution in [2.24, 2.45) is 17.8 Å². The number of carbonyl (C=O) groups is 4. The van der Waals surface area contributed by atoms with E-state index in [1.165, 1.54) is 0 Å². The highest BCUT2D eigenvalue weighted by molar-refractivity contribution is 6.10. The third kappa shape index (κ3) is 4.55. The predicted molar refractivity (Wildman–Crippen MR) is 156 cm³/mol. The number of hydrogen-bond donors (Lipinski definition) is 1. The topological polar surface area (TPSA) is 102 Å². The molecule has 8 nitrogen and oxygen atoms in total. The first kappa shape index (κ1) is 27.7. The number of benzene rings is 3. The Kier molecular flexibility index (Phi) is 7.31. The lowest BCUT2D eigenvalue weighted by Gasteiger charge is -2.45. The summed E-state index contributed by atoms with van der Waals surface area (Å²) in [6.45, 7) is 5.56. The summed E-state index contributed by atoms with van der Waals surface area (Å²) in [6.07, 6.45) is 0.236. The highest BCUT2D eigenvalue weighted by Crippen LogP contribution is 2.61. The maximum Gasteiger partial charge on any atom is 0.329 e. The van der Waals surface area contributed by atoms with Gasteiger partial charge in [-0.25, -0.2) is 4.79 Å². The SMILES string of the molecule is CCOc1ccccc1NC(=O)COC(=O)[C@@H](CC(C)C)N1C(=O)[C@@H]2C3c4ccccc4C(c4ccccc43)[C@@H]2C1=O. The fraction of sp³-hybridized carbons (Fsp3) is 0.353. The van der Waals surface area contributed by atoms with Crippen LogP contribution in [0.1, 0.15) is 61.3 Å². The second-order valence-corrected chi connectivity index (χ2v) is 11.5. The average molecular weight is 567 g/mol. The highest BCUT2D eigenvalue weighted by atomic mass is 16.5. The highest BCUT2D eigenvalue weighted by Gasteiger charge is 2.63. The molecule has 8 heteroatoms. The summed E-state index contributed by atoms with van der Waals surface area (Å²) in [5.41, 5.74) is 4.73. The molecule has 3 amide bonds. The van der Waals surface area contributed by atoms with E-state index in [4.69, 9.17) is 9.47 Å². The molecule has 1 N–H and O–H groups in total. The van der Waals surface area contributed by atoms with Crippen LogP contribution in [-0.4, -0.2) is 47.8 Å². The maximum atomic E-state index is 14.2. The van der Waals surface area contributed by atoms with Crippen LogP contribution >= 0.6 is 0 Å². The summed E-state index contributed by atoms with van der Waals surface area (Å²) in [4.78, 5) is 55.7. The lowest BCUT2D eigenvalue weighted by molar-refractivity contribution is -0.160. The number of para-hydroxylation sites is 2. The molecule has 4 aliphatic rings. The fourth-order valence-corrected chi connectivity index (χ4v) is 7.03. The number of amides is 3. The standard InChI is InChI=1S/C34H34N2O6/c1-4-41-26-16-10-9-15-24(26)35-27(37)18-42-34(40)25(17-19(2)3)36-32(38)30-28-20-11-5-6-12-21(20)29(31(30)33(36)39)23-14-8-7-13-22(23)28/h5-16,19,25,28-31H,4,17-18H2,1-3H3,(H,35,37)/t25-,28?,29?,30-,31+/m1/s1. The summed E-state index contributed by atoms with van der Waals surface area (Å²) in [7, 11) is 0. The smallest absolute Gasteiger partial charge is 0.329 e. The number of carbonyl (C=O) groups excluding carboxylic acids is 4. The third-order valence-electron chi connectivity index (χ3n) is 8.57. The zero-order valence-corrected chi connectivity index (χ0v) is 23.9. The van der Waals surface area contributed by atoms with E-state index in [0.29, 0.717) is 18.0 Å². The van der Waals surface area contributed by atoms with Crippen molar-refractivity contribution in [1.29, 1.82) is 0 Å². The molecule has 2 bridgehead atoms. The Morgan fingerprint density at radius 1 is 0.810 bits per heavy atom. The number of ether oxygens (including phenoxy) is 2. The normalized spacial score (nSPS) is 22.3. The first-order valence-electron chi connectivity index (χ1n) is 14.5. The van der Waals surface area contributed by atoms with Crippen molar-refractivity contribution < 1.29 is 28.7 Å². The van der Waals surface area contributed by atoms with Gasteiger partial charge in [-0.05, 0) is 53.6 Å². The zero-order valence-electron chi connectivity index (χ0n) is 23.9. The first-order valence-corrected chi connectivity index (χ1v) is 14.5. The van der Waals surface area contributed by atoms with Crippen molar-refractivity contribution in [1.82, 2.24) is 4.90 Å². The van der Waals surface area contributed by atoms with E-state index in [1.807, 2.05) is 69.3 Å². The predicted octanol–water partition coefficient (Wildman–Crippen LogP) is 4.87. The van der Waals surface area contributed by atoms with E-state index < -0.39 is 36.4 Å². The largest absolute Gasteiger partial charge is 0.492 e. The number of anilines is 1. The van der Waals surface area contributed by atoms with Gasteiger partial charge in [0.2, 0.25) is 11.8 Å². The monoisotopic (exact) mass is 566 g/mol. The molecule has 0 unspecified atom stereocenters. The van der Waals surface area contributed by atoms with Crippen molar-refractivity contribution in [2.45, 2.75) is 45.1 Å². The van der Waals surface area contributed by atoms with E-state index >= 15 is 0 Å². The van der Waals surface area contributed by atoms with Crippen LogP contribution in [0.3, 0.4) is 0 Å². The number of hydrogen-bond acceptors (Lipinski definition) is 6. The van der Waals surface area contributed by atoms with Gasteiger partial charge in [-0.2, -0.15) is 0 Å². The summed E-state index contributed by atoms with van der Waals surface area (Å²) in [5, 5.41) is 2.71. The van der Waals surface area contributed by atoms with E-state index in [2.05, 4.69) is 5.32 Å². The molecule has 3 aromatic rings. The minimum atomic E-state index is -1.12. The molecule has 0 saturated carbocycles. The van der Waals surface area contributed by atoms with Crippen molar-refractivity contribution in [3.63, 3.8) is 0 Å². The van der Waals surface area contributed by atoms with Crippen molar-refractivity contribution in [3.8, 4) is 5.75 Å². The molecule has 42 heavy (non-hydrogen) atoms.